The Morgan fingerprint density at radius 1 is 1.24 bits per heavy atom. The lowest BCUT2D eigenvalue weighted by Crippen LogP contribution is -2.01. The maximum atomic E-state index is 11.5. The number of rotatable bonds is 3. The molecular formula is C16H13BrN2O2. The number of imidazole rings is 1. The summed E-state index contributed by atoms with van der Waals surface area (Å²) in [6.45, 7) is 0.737. The summed E-state index contributed by atoms with van der Waals surface area (Å²) >= 11 is 3.43. The molecule has 0 bridgehead atoms. The van der Waals surface area contributed by atoms with Crippen molar-refractivity contribution in [2.24, 2.45) is 0 Å². The van der Waals surface area contributed by atoms with Crippen molar-refractivity contribution in [3.63, 3.8) is 0 Å². The van der Waals surface area contributed by atoms with Crippen LogP contribution in [-0.2, 0) is 11.3 Å². The molecule has 21 heavy (non-hydrogen) atoms. The van der Waals surface area contributed by atoms with E-state index in [4.69, 9.17) is 4.74 Å². The summed E-state index contributed by atoms with van der Waals surface area (Å²) in [7, 11) is 1.37. The van der Waals surface area contributed by atoms with E-state index in [1.54, 1.807) is 18.5 Å². The quantitative estimate of drug-likeness (QED) is 0.681. The van der Waals surface area contributed by atoms with E-state index in [-0.39, 0.29) is 5.97 Å². The standard InChI is InChI=1S/C16H13BrN2O2/c1-21-16(20)12-4-7-15-14(8-12)18-10-19(15)9-11-2-5-13(17)6-3-11/h2-8,10H,9H2,1H3. The second-order valence-corrected chi connectivity index (χ2v) is 5.61. The van der Waals surface area contributed by atoms with Crippen LogP contribution in [0.1, 0.15) is 15.9 Å². The number of nitrogens with zero attached hydrogens (tertiary/aromatic N) is 2. The Morgan fingerprint density at radius 2 is 2.00 bits per heavy atom. The lowest BCUT2D eigenvalue weighted by Gasteiger charge is -2.05. The molecule has 0 saturated carbocycles. The van der Waals surface area contributed by atoms with E-state index in [0.29, 0.717) is 5.56 Å². The second kappa shape index (κ2) is 5.69. The van der Waals surface area contributed by atoms with E-state index in [1.807, 2.05) is 18.2 Å². The molecule has 0 fully saturated rings. The molecule has 0 saturated heterocycles. The molecule has 106 valence electrons. The fourth-order valence-electron chi connectivity index (χ4n) is 2.22. The summed E-state index contributed by atoms with van der Waals surface area (Å²) in [6, 6.07) is 13.6. The minimum atomic E-state index is -0.348. The molecule has 0 spiro atoms. The predicted molar refractivity (Wildman–Crippen MR) is 84.3 cm³/mol. The molecule has 3 rings (SSSR count). The van der Waals surface area contributed by atoms with E-state index in [1.165, 1.54) is 12.7 Å². The van der Waals surface area contributed by atoms with Crippen molar-refractivity contribution in [1.29, 1.82) is 0 Å². The predicted octanol–water partition coefficient (Wildman–Crippen LogP) is 3.63. The van der Waals surface area contributed by atoms with Crippen molar-refractivity contribution < 1.29 is 9.53 Å². The van der Waals surface area contributed by atoms with Crippen LogP contribution in [0.2, 0.25) is 0 Å². The Balaban J connectivity index is 1.93. The molecule has 0 unspecified atom stereocenters. The Kier molecular flexibility index (Phi) is 3.75. The molecular weight excluding hydrogens is 332 g/mol. The fraction of sp³-hybridized carbons (Fsp3) is 0.125. The zero-order valence-corrected chi connectivity index (χ0v) is 13.0. The Morgan fingerprint density at radius 3 is 2.71 bits per heavy atom. The smallest absolute Gasteiger partial charge is 0.337 e. The number of methoxy groups -OCH3 is 1. The Hall–Kier alpha value is -2.14. The highest BCUT2D eigenvalue weighted by Gasteiger charge is 2.09. The first-order valence-corrected chi connectivity index (χ1v) is 7.24. The van der Waals surface area contributed by atoms with E-state index in [9.17, 15) is 4.79 Å². The highest BCUT2D eigenvalue weighted by Crippen LogP contribution is 2.18. The van der Waals surface area contributed by atoms with Crippen molar-refractivity contribution in [3.8, 4) is 0 Å². The number of fused-ring (bicyclic) bond motifs is 1. The summed E-state index contributed by atoms with van der Waals surface area (Å²) < 4.78 is 7.84. The first kappa shape index (κ1) is 13.8. The number of esters is 1. The zero-order chi connectivity index (χ0) is 14.8. The van der Waals surface area contributed by atoms with Gasteiger partial charge in [0.15, 0.2) is 0 Å². The molecule has 2 aromatic carbocycles. The van der Waals surface area contributed by atoms with Crippen molar-refractivity contribution in [3.05, 3.63) is 64.4 Å². The number of aromatic nitrogens is 2. The van der Waals surface area contributed by atoms with Gasteiger partial charge in [-0.1, -0.05) is 28.1 Å². The van der Waals surface area contributed by atoms with Gasteiger partial charge in [0.1, 0.15) is 0 Å². The van der Waals surface area contributed by atoms with Crippen molar-refractivity contribution in [1.82, 2.24) is 9.55 Å². The number of hydrogen-bond acceptors (Lipinski definition) is 3. The third-order valence-corrected chi connectivity index (χ3v) is 3.84. The Labute approximate surface area is 130 Å². The van der Waals surface area contributed by atoms with Crippen LogP contribution in [0.5, 0.6) is 0 Å². The van der Waals surface area contributed by atoms with Gasteiger partial charge in [0.2, 0.25) is 0 Å². The van der Waals surface area contributed by atoms with Crippen LogP contribution in [0.4, 0.5) is 0 Å². The minimum absolute atomic E-state index is 0.348. The third kappa shape index (κ3) is 2.83. The van der Waals surface area contributed by atoms with E-state index < -0.39 is 0 Å². The molecule has 0 N–H and O–H groups in total. The molecule has 0 radical (unpaired) electrons. The molecule has 0 aliphatic heterocycles. The van der Waals surface area contributed by atoms with Crippen LogP contribution < -0.4 is 0 Å². The summed E-state index contributed by atoms with van der Waals surface area (Å²) in [6.07, 6.45) is 1.79. The number of ether oxygens (including phenoxy) is 1. The average Bonchev–Trinajstić information content (AvgIpc) is 2.91. The minimum Gasteiger partial charge on any atom is -0.465 e. The number of carbonyl (C=O) groups is 1. The molecule has 3 aromatic rings. The second-order valence-electron chi connectivity index (χ2n) is 4.69. The van der Waals surface area contributed by atoms with Gasteiger partial charge >= 0.3 is 5.97 Å². The molecule has 0 amide bonds. The normalized spacial score (nSPS) is 10.8. The summed E-state index contributed by atoms with van der Waals surface area (Å²) in [5.74, 6) is -0.348. The first-order valence-electron chi connectivity index (χ1n) is 6.45. The summed E-state index contributed by atoms with van der Waals surface area (Å²) in [4.78, 5) is 15.9. The van der Waals surface area contributed by atoms with E-state index >= 15 is 0 Å². The van der Waals surface area contributed by atoms with Crippen LogP contribution >= 0.6 is 15.9 Å². The molecule has 0 aliphatic rings. The maximum absolute atomic E-state index is 11.5. The first-order chi connectivity index (χ1) is 10.2. The highest BCUT2D eigenvalue weighted by atomic mass is 79.9. The van der Waals surface area contributed by atoms with Crippen molar-refractivity contribution >= 4 is 32.9 Å². The molecule has 0 atom stereocenters. The van der Waals surface area contributed by atoms with Crippen LogP contribution in [-0.4, -0.2) is 22.6 Å². The summed E-state index contributed by atoms with van der Waals surface area (Å²) in [5, 5.41) is 0. The van der Waals surface area contributed by atoms with Gasteiger partial charge in [-0.05, 0) is 35.9 Å². The van der Waals surface area contributed by atoms with Gasteiger partial charge in [-0.15, -0.1) is 0 Å². The fourth-order valence-corrected chi connectivity index (χ4v) is 2.49. The average molecular weight is 345 g/mol. The number of carbonyl (C=O) groups excluding carboxylic acids is 1. The van der Waals surface area contributed by atoms with Crippen molar-refractivity contribution in [2.45, 2.75) is 6.54 Å². The molecule has 0 aliphatic carbocycles. The van der Waals surface area contributed by atoms with Crippen LogP contribution in [0.3, 0.4) is 0 Å². The van der Waals surface area contributed by atoms with Crippen LogP contribution in [0.25, 0.3) is 11.0 Å². The van der Waals surface area contributed by atoms with Gasteiger partial charge in [0.25, 0.3) is 0 Å². The largest absolute Gasteiger partial charge is 0.465 e. The van der Waals surface area contributed by atoms with Gasteiger partial charge in [-0.25, -0.2) is 9.78 Å². The third-order valence-electron chi connectivity index (χ3n) is 3.31. The van der Waals surface area contributed by atoms with Gasteiger partial charge in [-0.2, -0.15) is 0 Å². The molecule has 5 heteroatoms. The number of benzene rings is 2. The SMILES string of the molecule is COC(=O)c1ccc2c(c1)ncn2Cc1ccc(Br)cc1. The van der Waals surface area contributed by atoms with E-state index in [0.717, 1.165) is 22.1 Å². The van der Waals surface area contributed by atoms with Gasteiger partial charge in [0.05, 0.1) is 30.0 Å². The molecule has 4 nitrogen and oxygen atoms in total. The molecule has 1 heterocycles. The lowest BCUT2D eigenvalue weighted by molar-refractivity contribution is 0.0601. The Bertz CT molecular complexity index is 794. The van der Waals surface area contributed by atoms with Crippen LogP contribution in [0, 0.1) is 0 Å². The van der Waals surface area contributed by atoms with Gasteiger partial charge in [0, 0.05) is 11.0 Å². The van der Waals surface area contributed by atoms with E-state index in [2.05, 4.69) is 37.6 Å². The molecule has 1 aromatic heterocycles. The van der Waals surface area contributed by atoms with Crippen molar-refractivity contribution in [2.75, 3.05) is 7.11 Å². The summed E-state index contributed by atoms with van der Waals surface area (Å²) in [5.41, 5.74) is 3.48. The highest BCUT2D eigenvalue weighted by molar-refractivity contribution is 9.10. The monoisotopic (exact) mass is 344 g/mol. The zero-order valence-electron chi connectivity index (χ0n) is 11.4. The maximum Gasteiger partial charge on any atom is 0.337 e. The number of hydrogen-bond donors (Lipinski definition) is 0. The van der Waals surface area contributed by atoms with Gasteiger partial charge < -0.3 is 9.30 Å². The van der Waals surface area contributed by atoms with Gasteiger partial charge in [-0.3, -0.25) is 0 Å². The number of halogens is 1. The lowest BCUT2D eigenvalue weighted by atomic mass is 10.2. The topological polar surface area (TPSA) is 44.1 Å². The van der Waals surface area contributed by atoms with Crippen LogP contribution in [0.15, 0.2) is 53.3 Å².